The maximum Gasteiger partial charge on any atom is 0.0632 e. The molecular weight excluding hydrogens is 262 g/mol. The van der Waals surface area contributed by atoms with Gasteiger partial charge in [0.15, 0.2) is 0 Å². The smallest absolute Gasteiger partial charge is 0.0632 e. The average molecular weight is 272 g/mol. The van der Waals surface area contributed by atoms with E-state index in [-0.39, 0.29) is 12.6 Å². The molecule has 0 amide bonds. The summed E-state index contributed by atoms with van der Waals surface area (Å²) in [4.78, 5) is 1.03. The van der Waals surface area contributed by atoms with Gasteiger partial charge in [0.2, 0.25) is 0 Å². The molecule has 0 bridgehead atoms. The molecule has 2 aromatic rings. The molecule has 0 aliphatic heterocycles. The van der Waals surface area contributed by atoms with E-state index in [4.69, 9.17) is 10.8 Å². The lowest BCUT2D eigenvalue weighted by molar-refractivity contribution is 0.269. The third-order valence-electron chi connectivity index (χ3n) is 2.06. The van der Waals surface area contributed by atoms with Gasteiger partial charge in [0, 0.05) is 14.0 Å². The van der Waals surface area contributed by atoms with Gasteiger partial charge in [-0.2, -0.15) is 0 Å². The molecule has 0 radical (unpaired) electrons. The van der Waals surface area contributed by atoms with Gasteiger partial charge in [0.1, 0.15) is 0 Å². The number of halogens is 1. The molecule has 0 saturated carbocycles. The lowest BCUT2D eigenvalue weighted by atomic mass is 10.2. The zero-order chi connectivity index (χ0) is 10.1. The van der Waals surface area contributed by atoms with Crippen LogP contribution in [0.5, 0.6) is 0 Å². The fraction of sp³-hybridized carbons (Fsp3) is 0.200. The van der Waals surface area contributed by atoms with Crippen LogP contribution in [0.4, 0.5) is 0 Å². The minimum atomic E-state index is -0.258. The molecule has 1 aromatic heterocycles. The Morgan fingerprint density at radius 2 is 2.21 bits per heavy atom. The number of rotatable bonds is 2. The van der Waals surface area contributed by atoms with Gasteiger partial charge >= 0.3 is 0 Å². The molecule has 74 valence electrons. The predicted octanol–water partition coefficient (Wildman–Crippen LogP) is 2.66. The van der Waals surface area contributed by atoms with E-state index in [9.17, 15) is 0 Å². The van der Waals surface area contributed by atoms with Crippen LogP contribution >= 0.6 is 27.3 Å². The van der Waals surface area contributed by atoms with Gasteiger partial charge in [-0.25, -0.2) is 0 Å². The molecular formula is C10H10BrNOS. The van der Waals surface area contributed by atoms with Crippen molar-refractivity contribution in [2.75, 3.05) is 6.61 Å². The van der Waals surface area contributed by atoms with Gasteiger partial charge in [0.05, 0.1) is 12.6 Å². The number of aliphatic hydroxyl groups is 1. The topological polar surface area (TPSA) is 46.2 Å². The van der Waals surface area contributed by atoms with Crippen molar-refractivity contribution in [2.24, 2.45) is 5.73 Å². The number of aliphatic hydroxyl groups excluding tert-OH is 1. The highest BCUT2D eigenvalue weighted by molar-refractivity contribution is 9.10. The van der Waals surface area contributed by atoms with E-state index in [1.807, 2.05) is 18.2 Å². The van der Waals surface area contributed by atoms with E-state index in [0.717, 1.165) is 9.35 Å². The summed E-state index contributed by atoms with van der Waals surface area (Å²) >= 11 is 5.05. The Hall–Kier alpha value is -0.420. The van der Waals surface area contributed by atoms with Crippen LogP contribution in [-0.2, 0) is 0 Å². The van der Waals surface area contributed by atoms with Crippen LogP contribution in [0.1, 0.15) is 10.9 Å². The molecule has 0 aliphatic rings. The molecule has 14 heavy (non-hydrogen) atoms. The van der Waals surface area contributed by atoms with Crippen LogP contribution in [0.25, 0.3) is 10.1 Å². The Labute approximate surface area is 94.5 Å². The highest BCUT2D eigenvalue weighted by Crippen LogP contribution is 2.30. The van der Waals surface area contributed by atoms with Crippen molar-refractivity contribution in [1.82, 2.24) is 0 Å². The Kier molecular flexibility index (Phi) is 2.88. The van der Waals surface area contributed by atoms with E-state index in [2.05, 4.69) is 22.0 Å². The molecule has 1 unspecified atom stereocenters. The first-order valence-corrected chi connectivity index (χ1v) is 5.87. The van der Waals surface area contributed by atoms with Crippen molar-refractivity contribution in [1.29, 1.82) is 0 Å². The van der Waals surface area contributed by atoms with Crippen LogP contribution in [0.2, 0.25) is 0 Å². The summed E-state index contributed by atoms with van der Waals surface area (Å²) in [5.41, 5.74) is 5.74. The monoisotopic (exact) mass is 271 g/mol. The Balaban J connectivity index is 2.51. The average Bonchev–Trinajstić information content (AvgIpc) is 2.59. The Morgan fingerprint density at radius 3 is 2.93 bits per heavy atom. The van der Waals surface area contributed by atoms with Crippen molar-refractivity contribution < 1.29 is 5.11 Å². The normalized spacial score (nSPS) is 13.4. The molecule has 3 N–H and O–H groups in total. The van der Waals surface area contributed by atoms with Gasteiger partial charge in [-0.3, -0.25) is 0 Å². The summed E-state index contributed by atoms with van der Waals surface area (Å²) in [6.45, 7) is -0.00596. The standard InChI is InChI=1S/C10H10BrNOS/c11-7-2-1-6-3-10(8(12)5-13)14-9(6)4-7/h1-4,8,13H,5,12H2. The van der Waals surface area contributed by atoms with Crippen LogP contribution in [0, 0.1) is 0 Å². The maximum absolute atomic E-state index is 8.94. The van der Waals surface area contributed by atoms with Crippen LogP contribution in [0.3, 0.4) is 0 Å². The first kappa shape index (κ1) is 10.1. The fourth-order valence-corrected chi connectivity index (χ4v) is 2.91. The largest absolute Gasteiger partial charge is 0.394 e. The van der Waals surface area contributed by atoms with E-state index in [1.165, 1.54) is 10.1 Å². The van der Waals surface area contributed by atoms with E-state index >= 15 is 0 Å². The lowest BCUT2D eigenvalue weighted by Crippen LogP contribution is -2.12. The second-order valence-corrected chi connectivity index (χ2v) is 5.15. The van der Waals surface area contributed by atoms with Crippen molar-refractivity contribution in [3.63, 3.8) is 0 Å². The summed E-state index contributed by atoms with van der Waals surface area (Å²) in [7, 11) is 0. The number of hydrogen-bond acceptors (Lipinski definition) is 3. The minimum Gasteiger partial charge on any atom is -0.394 e. The fourth-order valence-electron chi connectivity index (χ4n) is 1.30. The number of fused-ring (bicyclic) bond motifs is 1. The second-order valence-electron chi connectivity index (χ2n) is 3.12. The third kappa shape index (κ3) is 1.83. The molecule has 0 fully saturated rings. The van der Waals surface area contributed by atoms with Crippen molar-refractivity contribution in [3.05, 3.63) is 33.6 Å². The SMILES string of the molecule is NC(CO)c1cc2ccc(Br)cc2s1. The maximum atomic E-state index is 8.94. The molecule has 1 heterocycles. The molecule has 1 aromatic carbocycles. The molecule has 0 saturated heterocycles. The quantitative estimate of drug-likeness (QED) is 0.882. The van der Waals surface area contributed by atoms with Crippen LogP contribution in [0.15, 0.2) is 28.7 Å². The number of hydrogen-bond donors (Lipinski definition) is 2. The van der Waals surface area contributed by atoms with Gasteiger partial charge in [-0.05, 0) is 23.6 Å². The summed E-state index contributed by atoms with van der Waals surface area (Å²) in [5.74, 6) is 0. The number of thiophene rings is 1. The highest BCUT2D eigenvalue weighted by atomic mass is 79.9. The predicted molar refractivity (Wildman–Crippen MR) is 63.5 cm³/mol. The zero-order valence-electron chi connectivity index (χ0n) is 7.40. The summed E-state index contributed by atoms with van der Waals surface area (Å²) in [5, 5.41) is 10.1. The lowest BCUT2D eigenvalue weighted by Gasteiger charge is -2.02. The van der Waals surface area contributed by atoms with E-state index < -0.39 is 0 Å². The Bertz CT molecular complexity index is 454. The zero-order valence-corrected chi connectivity index (χ0v) is 9.81. The molecule has 1 atom stereocenters. The van der Waals surface area contributed by atoms with Gasteiger partial charge in [-0.15, -0.1) is 11.3 Å². The summed E-state index contributed by atoms with van der Waals surface area (Å²) < 4.78 is 2.26. The van der Waals surface area contributed by atoms with E-state index in [1.54, 1.807) is 11.3 Å². The second kappa shape index (κ2) is 3.98. The molecule has 0 aliphatic carbocycles. The summed E-state index contributed by atoms with van der Waals surface area (Å²) in [6, 6.07) is 7.89. The van der Waals surface area contributed by atoms with Crippen molar-refractivity contribution >= 4 is 37.4 Å². The van der Waals surface area contributed by atoms with Crippen LogP contribution < -0.4 is 5.73 Å². The third-order valence-corrected chi connectivity index (χ3v) is 3.79. The molecule has 2 rings (SSSR count). The van der Waals surface area contributed by atoms with Crippen LogP contribution in [-0.4, -0.2) is 11.7 Å². The molecule has 2 nitrogen and oxygen atoms in total. The van der Waals surface area contributed by atoms with Gasteiger partial charge in [-0.1, -0.05) is 22.0 Å². The minimum absolute atomic E-state index is 0.00596. The van der Waals surface area contributed by atoms with Crippen molar-refractivity contribution in [3.8, 4) is 0 Å². The van der Waals surface area contributed by atoms with Gasteiger partial charge < -0.3 is 10.8 Å². The number of nitrogens with two attached hydrogens (primary N) is 1. The highest BCUT2D eigenvalue weighted by Gasteiger charge is 2.08. The first-order valence-electron chi connectivity index (χ1n) is 4.26. The molecule has 0 spiro atoms. The Morgan fingerprint density at radius 1 is 1.43 bits per heavy atom. The van der Waals surface area contributed by atoms with Gasteiger partial charge in [0.25, 0.3) is 0 Å². The molecule has 4 heteroatoms. The van der Waals surface area contributed by atoms with E-state index in [0.29, 0.717) is 0 Å². The summed E-state index contributed by atoms with van der Waals surface area (Å²) in [6.07, 6.45) is 0. The van der Waals surface area contributed by atoms with Crippen molar-refractivity contribution in [2.45, 2.75) is 6.04 Å². The number of benzene rings is 1. The first-order chi connectivity index (χ1) is 6.70.